The maximum atomic E-state index is 13.0. The number of benzene rings is 2. The first-order valence-electron chi connectivity index (χ1n) is 11.5. The predicted octanol–water partition coefficient (Wildman–Crippen LogP) is 4.00. The average Bonchev–Trinajstić information content (AvgIpc) is 2.88. The van der Waals surface area contributed by atoms with Crippen molar-refractivity contribution in [2.45, 2.75) is 37.5 Å². The molecule has 0 spiro atoms. The number of rotatable bonds is 10. The van der Waals surface area contributed by atoms with E-state index in [0.717, 1.165) is 12.8 Å². The molecule has 0 aliphatic heterocycles. The molecule has 0 heterocycles. The van der Waals surface area contributed by atoms with Crippen molar-refractivity contribution in [3.05, 3.63) is 71.8 Å². The molecular formula is C25H31F6N3O5. The summed E-state index contributed by atoms with van der Waals surface area (Å²) in [6.45, 7) is 2.58. The zero-order valence-electron chi connectivity index (χ0n) is 20.8. The van der Waals surface area contributed by atoms with Crippen LogP contribution in [-0.2, 0) is 14.4 Å². The van der Waals surface area contributed by atoms with Gasteiger partial charge < -0.3 is 26.6 Å². The minimum absolute atomic E-state index is 0.0631. The first-order valence-corrected chi connectivity index (χ1v) is 11.5. The van der Waals surface area contributed by atoms with Crippen LogP contribution in [-0.4, -0.2) is 71.5 Å². The first-order chi connectivity index (χ1) is 18.1. The largest absolute Gasteiger partial charge is 0.490 e. The number of hydrogen-bond acceptors (Lipinski definition) is 5. The van der Waals surface area contributed by atoms with Crippen LogP contribution in [0.25, 0.3) is 0 Å². The van der Waals surface area contributed by atoms with Gasteiger partial charge >= 0.3 is 24.3 Å². The van der Waals surface area contributed by atoms with Gasteiger partial charge in [-0.1, -0.05) is 60.7 Å². The van der Waals surface area contributed by atoms with Crippen molar-refractivity contribution in [3.63, 3.8) is 0 Å². The lowest BCUT2D eigenvalue weighted by Gasteiger charge is -2.26. The maximum absolute atomic E-state index is 13.0. The lowest BCUT2D eigenvalue weighted by Crippen LogP contribution is -2.35. The number of halogens is 6. The number of amides is 1. The quantitative estimate of drug-likeness (QED) is 0.317. The van der Waals surface area contributed by atoms with Crippen LogP contribution in [0.15, 0.2) is 60.7 Å². The Hall–Kier alpha value is -3.65. The van der Waals surface area contributed by atoms with Crippen LogP contribution in [0.4, 0.5) is 26.3 Å². The molecule has 8 nitrogen and oxygen atoms in total. The fourth-order valence-corrected chi connectivity index (χ4v) is 3.03. The van der Waals surface area contributed by atoms with Crippen LogP contribution in [0.3, 0.4) is 0 Å². The molecule has 0 saturated carbocycles. The molecule has 0 aliphatic carbocycles. The zero-order chi connectivity index (χ0) is 30.1. The Morgan fingerprint density at radius 1 is 0.692 bits per heavy atom. The van der Waals surface area contributed by atoms with Gasteiger partial charge in [-0.05, 0) is 37.1 Å². The van der Waals surface area contributed by atoms with Gasteiger partial charge in [0.25, 0.3) is 0 Å². The van der Waals surface area contributed by atoms with Gasteiger partial charge in [-0.15, -0.1) is 0 Å². The third-order valence-electron chi connectivity index (χ3n) is 4.88. The van der Waals surface area contributed by atoms with E-state index < -0.39 is 24.3 Å². The smallest absolute Gasteiger partial charge is 0.475 e. The molecule has 218 valence electrons. The van der Waals surface area contributed by atoms with Gasteiger partial charge in [-0.3, -0.25) is 4.79 Å². The van der Waals surface area contributed by atoms with E-state index in [9.17, 15) is 31.1 Å². The second-order valence-electron chi connectivity index (χ2n) is 7.85. The summed E-state index contributed by atoms with van der Waals surface area (Å²) in [5.74, 6) is -5.28. The second-order valence-corrected chi connectivity index (χ2v) is 7.85. The predicted molar refractivity (Wildman–Crippen MR) is 131 cm³/mol. The molecule has 0 saturated heterocycles. The molecule has 2 aromatic rings. The SMILES string of the molecule is NCCCN(CCCN)C(=O)CC(c1ccccc1)c1ccccc1.O=C(O)C(F)(F)F.O=C(O)C(F)(F)F. The summed E-state index contributed by atoms with van der Waals surface area (Å²) in [6, 6.07) is 20.5. The highest BCUT2D eigenvalue weighted by atomic mass is 19.4. The average molecular weight is 568 g/mol. The maximum Gasteiger partial charge on any atom is 0.490 e. The number of aliphatic carboxylic acids is 2. The van der Waals surface area contributed by atoms with Gasteiger partial charge in [0.15, 0.2) is 0 Å². The summed E-state index contributed by atoms with van der Waals surface area (Å²) in [5, 5.41) is 14.2. The normalized spacial score (nSPS) is 11.0. The van der Waals surface area contributed by atoms with Gasteiger partial charge in [-0.2, -0.15) is 26.3 Å². The van der Waals surface area contributed by atoms with Crippen LogP contribution >= 0.6 is 0 Å². The summed E-state index contributed by atoms with van der Waals surface area (Å²) >= 11 is 0. The highest BCUT2D eigenvalue weighted by Crippen LogP contribution is 2.28. The van der Waals surface area contributed by atoms with Crippen molar-refractivity contribution in [2.24, 2.45) is 11.5 Å². The van der Waals surface area contributed by atoms with Gasteiger partial charge in [0.05, 0.1) is 0 Å². The lowest BCUT2D eigenvalue weighted by molar-refractivity contribution is -0.193. The minimum atomic E-state index is -5.08. The zero-order valence-corrected chi connectivity index (χ0v) is 20.8. The van der Waals surface area contributed by atoms with Crippen LogP contribution in [0, 0.1) is 0 Å². The van der Waals surface area contributed by atoms with E-state index in [-0.39, 0.29) is 11.8 Å². The van der Waals surface area contributed by atoms with Crippen molar-refractivity contribution in [1.82, 2.24) is 4.90 Å². The molecule has 39 heavy (non-hydrogen) atoms. The number of nitrogens with zero attached hydrogens (tertiary/aromatic N) is 1. The molecule has 1 amide bonds. The van der Waals surface area contributed by atoms with Crippen molar-refractivity contribution < 1.29 is 50.9 Å². The molecule has 14 heteroatoms. The Morgan fingerprint density at radius 3 is 1.26 bits per heavy atom. The Bertz CT molecular complexity index is 918. The van der Waals surface area contributed by atoms with Crippen LogP contribution in [0.1, 0.15) is 36.3 Å². The van der Waals surface area contributed by atoms with Gasteiger partial charge in [0, 0.05) is 25.4 Å². The van der Waals surface area contributed by atoms with Crippen molar-refractivity contribution in [3.8, 4) is 0 Å². The number of carbonyl (C=O) groups is 3. The lowest BCUT2D eigenvalue weighted by atomic mass is 9.88. The highest BCUT2D eigenvalue weighted by Gasteiger charge is 2.38. The number of carboxylic acids is 2. The topological polar surface area (TPSA) is 147 Å². The first kappa shape index (κ1) is 35.4. The molecule has 0 aliphatic rings. The molecule has 0 atom stereocenters. The molecular weight excluding hydrogens is 536 g/mol. The number of hydrogen-bond donors (Lipinski definition) is 4. The fraction of sp³-hybridized carbons (Fsp3) is 0.400. The summed E-state index contributed by atoms with van der Waals surface area (Å²) in [4.78, 5) is 32.7. The Kier molecular flexibility index (Phi) is 16.1. The van der Waals surface area contributed by atoms with E-state index >= 15 is 0 Å². The van der Waals surface area contributed by atoms with Gasteiger partial charge in [0.2, 0.25) is 5.91 Å². The van der Waals surface area contributed by atoms with E-state index in [2.05, 4.69) is 24.3 Å². The van der Waals surface area contributed by atoms with Crippen LogP contribution < -0.4 is 11.5 Å². The highest BCUT2D eigenvalue weighted by molar-refractivity contribution is 5.78. The number of nitrogens with two attached hydrogens (primary N) is 2. The summed E-state index contributed by atoms with van der Waals surface area (Å²) < 4.78 is 63.5. The Balaban J connectivity index is 0.000000848. The number of alkyl halides is 6. The van der Waals surface area contributed by atoms with Crippen LogP contribution in [0.2, 0.25) is 0 Å². The summed E-state index contributed by atoms with van der Waals surface area (Å²) in [6.07, 6.45) is -8.07. The summed E-state index contributed by atoms with van der Waals surface area (Å²) in [7, 11) is 0. The van der Waals surface area contributed by atoms with E-state index in [1.165, 1.54) is 11.1 Å². The van der Waals surface area contributed by atoms with Crippen molar-refractivity contribution in [2.75, 3.05) is 26.2 Å². The molecule has 0 aromatic heterocycles. The Labute approximate surface area is 221 Å². The molecule has 0 fully saturated rings. The van der Waals surface area contributed by atoms with Gasteiger partial charge in [0.1, 0.15) is 0 Å². The monoisotopic (exact) mass is 567 g/mol. The van der Waals surface area contributed by atoms with Crippen molar-refractivity contribution in [1.29, 1.82) is 0 Å². The minimum Gasteiger partial charge on any atom is -0.475 e. The van der Waals surface area contributed by atoms with E-state index in [0.29, 0.717) is 32.6 Å². The molecule has 0 bridgehead atoms. The van der Waals surface area contributed by atoms with E-state index in [1.54, 1.807) is 0 Å². The van der Waals surface area contributed by atoms with Crippen molar-refractivity contribution >= 4 is 17.8 Å². The molecule has 0 radical (unpaired) electrons. The fourth-order valence-electron chi connectivity index (χ4n) is 3.03. The van der Waals surface area contributed by atoms with Gasteiger partial charge in [-0.25, -0.2) is 9.59 Å². The van der Waals surface area contributed by atoms with E-state index in [4.69, 9.17) is 31.3 Å². The molecule has 6 N–H and O–H groups in total. The Morgan fingerprint density at radius 2 is 1.00 bits per heavy atom. The summed E-state index contributed by atoms with van der Waals surface area (Å²) in [5.41, 5.74) is 13.6. The van der Waals surface area contributed by atoms with Crippen LogP contribution in [0.5, 0.6) is 0 Å². The third-order valence-corrected chi connectivity index (χ3v) is 4.88. The molecule has 0 unspecified atom stereocenters. The third kappa shape index (κ3) is 15.4. The molecule has 2 aromatic carbocycles. The number of carbonyl (C=O) groups excluding carboxylic acids is 1. The second kappa shape index (κ2) is 17.8. The molecule has 2 rings (SSSR count). The van der Waals surface area contributed by atoms with E-state index in [1.807, 2.05) is 41.3 Å². The number of carboxylic acid groups (broad SMARTS) is 2. The standard InChI is InChI=1S/C21H29N3O.2C2HF3O2/c22-13-7-15-24(16-8-14-23)21(25)17-20(18-9-3-1-4-10-18)19-11-5-2-6-12-19;2*3-2(4,5)1(6)7/h1-6,9-12,20H,7-8,13-17,22-23H2;2*(H,6,7).